The van der Waals surface area contributed by atoms with Crippen molar-refractivity contribution in [2.24, 2.45) is 0 Å². The molecular formula is C26H27N3O5. The van der Waals surface area contributed by atoms with E-state index in [2.05, 4.69) is 29.3 Å². The van der Waals surface area contributed by atoms with E-state index in [0.717, 1.165) is 42.7 Å². The molecule has 0 N–H and O–H groups in total. The third-order valence-corrected chi connectivity index (χ3v) is 6.56. The van der Waals surface area contributed by atoms with E-state index in [1.807, 2.05) is 35.2 Å². The van der Waals surface area contributed by atoms with Gasteiger partial charge in [-0.15, -0.1) is 0 Å². The first-order valence-corrected chi connectivity index (χ1v) is 11.4. The maximum atomic E-state index is 12.2. The predicted molar refractivity (Wildman–Crippen MR) is 126 cm³/mol. The molecule has 176 valence electrons. The number of likely N-dealkylation sites (N-methyl/N-ethyl adjacent to an activating group) is 1. The van der Waals surface area contributed by atoms with Crippen LogP contribution in [0.25, 0.3) is 16.7 Å². The molecule has 1 spiro atoms. The van der Waals surface area contributed by atoms with Crippen molar-refractivity contribution in [2.75, 3.05) is 40.3 Å². The van der Waals surface area contributed by atoms with Crippen molar-refractivity contribution in [1.82, 2.24) is 14.8 Å². The number of allylic oxidation sites excluding steroid dienone is 1. The Balaban J connectivity index is 1.35. The van der Waals surface area contributed by atoms with Crippen molar-refractivity contribution >= 4 is 17.5 Å². The number of pyridine rings is 1. The van der Waals surface area contributed by atoms with E-state index in [9.17, 15) is 9.59 Å². The third-order valence-electron chi connectivity index (χ3n) is 6.56. The van der Waals surface area contributed by atoms with Crippen molar-refractivity contribution in [1.29, 1.82) is 0 Å². The van der Waals surface area contributed by atoms with Crippen molar-refractivity contribution in [3.63, 3.8) is 0 Å². The zero-order chi connectivity index (χ0) is 23.7. The van der Waals surface area contributed by atoms with Crippen LogP contribution in [0.15, 0.2) is 54.8 Å². The normalized spacial score (nSPS) is 19.9. The molecule has 1 saturated heterocycles. The average Bonchev–Trinajstić information content (AvgIpc) is 3.19. The van der Waals surface area contributed by atoms with E-state index < -0.39 is 17.8 Å². The predicted octanol–water partition coefficient (Wildman–Crippen LogP) is 2.64. The van der Waals surface area contributed by atoms with E-state index in [1.54, 1.807) is 7.11 Å². The fourth-order valence-electron chi connectivity index (χ4n) is 4.86. The molecule has 8 nitrogen and oxygen atoms in total. The van der Waals surface area contributed by atoms with Crippen LogP contribution < -0.4 is 4.74 Å². The maximum Gasteiger partial charge on any atom is 0.335 e. The van der Waals surface area contributed by atoms with Gasteiger partial charge in [0.05, 0.1) is 13.7 Å². The van der Waals surface area contributed by atoms with Crippen LogP contribution in [0, 0.1) is 0 Å². The highest BCUT2D eigenvalue weighted by Crippen LogP contribution is 2.37. The van der Waals surface area contributed by atoms with E-state index in [-0.39, 0.29) is 0 Å². The fourth-order valence-corrected chi connectivity index (χ4v) is 4.86. The van der Waals surface area contributed by atoms with Crippen LogP contribution >= 0.6 is 0 Å². The Morgan fingerprint density at radius 3 is 2.53 bits per heavy atom. The summed E-state index contributed by atoms with van der Waals surface area (Å²) >= 11 is 0. The molecule has 0 bridgehead atoms. The molecule has 2 aromatic rings. The van der Waals surface area contributed by atoms with Crippen LogP contribution in [0.1, 0.15) is 17.5 Å². The van der Waals surface area contributed by atoms with E-state index >= 15 is 0 Å². The van der Waals surface area contributed by atoms with Gasteiger partial charge in [-0.05, 0) is 48.2 Å². The lowest BCUT2D eigenvalue weighted by molar-refractivity contribution is -0.297. The maximum absolute atomic E-state index is 12.2. The number of aromatic nitrogens is 1. The summed E-state index contributed by atoms with van der Waals surface area (Å²) in [5, 5.41) is 0. The summed E-state index contributed by atoms with van der Waals surface area (Å²) in [6.07, 6.45) is 7.91. The van der Waals surface area contributed by atoms with Crippen molar-refractivity contribution < 1.29 is 23.8 Å². The quantitative estimate of drug-likeness (QED) is 0.629. The molecule has 0 radical (unpaired) electrons. The van der Waals surface area contributed by atoms with Gasteiger partial charge in [0.1, 0.15) is 0 Å². The minimum absolute atomic E-state index is 0.302. The number of carbonyl (C=O) groups excluding carboxylic acids is 2. The largest absolute Gasteiger partial charge is 0.481 e. The Kier molecular flexibility index (Phi) is 5.93. The summed E-state index contributed by atoms with van der Waals surface area (Å²) in [6.45, 7) is 2.30. The highest BCUT2D eigenvalue weighted by Gasteiger charge is 2.48. The van der Waals surface area contributed by atoms with Gasteiger partial charge in [0, 0.05) is 49.6 Å². The molecule has 34 heavy (non-hydrogen) atoms. The molecule has 5 rings (SSSR count). The van der Waals surface area contributed by atoms with Crippen LogP contribution in [-0.2, 0) is 25.5 Å². The first-order chi connectivity index (χ1) is 16.5. The molecular weight excluding hydrogens is 434 g/mol. The first-order valence-electron chi connectivity index (χ1n) is 11.4. The summed E-state index contributed by atoms with van der Waals surface area (Å²) in [5.41, 5.74) is 5.93. The van der Waals surface area contributed by atoms with Gasteiger partial charge in [-0.25, -0.2) is 19.5 Å². The Morgan fingerprint density at radius 2 is 1.82 bits per heavy atom. The van der Waals surface area contributed by atoms with Gasteiger partial charge in [-0.2, -0.15) is 0 Å². The number of hydrogen-bond acceptors (Lipinski definition) is 8. The molecule has 3 heterocycles. The van der Waals surface area contributed by atoms with Crippen LogP contribution in [0.3, 0.4) is 0 Å². The van der Waals surface area contributed by atoms with Crippen LogP contribution in [0.5, 0.6) is 5.88 Å². The second kappa shape index (κ2) is 9.04. The molecule has 8 heteroatoms. The number of ether oxygens (including phenoxy) is 3. The second-order valence-electron chi connectivity index (χ2n) is 8.72. The molecule has 0 atom stereocenters. The van der Waals surface area contributed by atoms with Gasteiger partial charge in [-0.3, -0.25) is 4.90 Å². The lowest BCUT2D eigenvalue weighted by atomic mass is 9.95. The molecule has 0 unspecified atom stereocenters. The Hall–Kier alpha value is -3.49. The first kappa shape index (κ1) is 22.3. The lowest BCUT2D eigenvalue weighted by Crippen LogP contribution is -2.65. The molecule has 1 aromatic carbocycles. The van der Waals surface area contributed by atoms with Gasteiger partial charge in [0.2, 0.25) is 5.88 Å². The minimum Gasteiger partial charge on any atom is -0.481 e. The number of esters is 2. The Morgan fingerprint density at radius 1 is 1.06 bits per heavy atom. The van der Waals surface area contributed by atoms with E-state index in [0.29, 0.717) is 25.5 Å². The molecule has 1 aromatic heterocycles. The summed E-state index contributed by atoms with van der Waals surface area (Å²) in [5.74, 6) is -1.97. The van der Waals surface area contributed by atoms with Gasteiger partial charge in [0.15, 0.2) is 0 Å². The van der Waals surface area contributed by atoms with E-state index in [4.69, 9.17) is 14.2 Å². The Labute approximate surface area is 198 Å². The number of hydrogen-bond donors (Lipinski definition) is 0. The highest BCUT2D eigenvalue weighted by atomic mass is 16.8. The molecule has 1 aliphatic carbocycles. The third kappa shape index (κ3) is 4.22. The summed E-state index contributed by atoms with van der Waals surface area (Å²) in [7, 11) is 3.53. The minimum atomic E-state index is -1.41. The topological polar surface area (TPSA) is 81.2 Å². The lowest BCUT2D eigenvalue weighted by Gasteiger charge is -2.46. The van der Waals surface area contributed by atoms with Gasteiger partial charge in [0.25, 0.3) is 0 Å². The number of benzene rings is 1. The van der Waals surface area contributed by atoms with Gasteiger partial charge < -0.3 is 14.2 Å². The number of methoxy groups -OCH3 is 1. The zero-order valence-electron chi connectivity index (χ0n) is 19.3. The average molecular weight is 462 g/mol. The number of fused-ring (bicyclic) bond motifs is 1. The van der Waals surface area contributed by atoms with Crippen LogP contribution in [0.2, 0.25) is 0 Å². The van der Waals surface area contributed by atoms with Crippen LogP contribution in [-0.4, -0.2) is 73.0 Å². The number of rotatable bonds is 5. The second-order valence-corrected chi connectivity index (χ2v) is 8.72. The summed E-state index contributed by atoms with van der Waals surface area (Å²) < 4.78 is 16.5. The highest BCUT2D eigenvalue weighted by molar-refractivity contribution is 5.93. The fraction of sp³-hybridized carbons (Fsp3) is 0.346. The number of nitrogens with zero attached hydrogens (tertiary/aromatic N) is 3. The molecule has 3 aliphatic rings. The molecule has 2 aliphatic heterocycles. The summed E-state index contributed by atoms with van der Waals surface area (Å²) in [6, 6.07) is 10.2. The van der Waals surface area contributed by atoms with Crippen LogP contribution in [0.4, 0.5) is 0 Å². The summed E-state index contributed by atoms with van der Waals surface area (Å²) in [4.78, 5) is 32.7. The molecule has 0 saturated carbocycles. The van der Waals surface area contributed by atoms with Crippen molar-refractivity contribution in [2.45, 2.75) is 18.8 Å². The van der Waals surface area contributed by atoms with Crippen molar-refractivity contribution in [3.05, 3.63) is 65.9 Å². The SMILES string of the molecule is COc1ccc(-c2cccc3c2CC=C3CCN2CCN(C)CC23OC(=O)C=CC(=O)O3)cn1. The molecule has 1 fully saturated rings. The van der Waals surface area contributed by atoms with Gasteiger partial charge >= 0.3 is 17.8 Å². The zero-order valence-corrected chi connectivity index (χ0v) is 19.3. The van der Waals surface area contributed by atoms with E-state index in [1.165, 1.54) is 16.7 Å². The standard InChI is InChI=1S/C26H27N3O5/c1-28-14-15-29(26(17-28)33-24(30)10-11-25(31)34-26)13-12-18-6-8-22-20(18)4-3-5-21(22)19-7-9-23(32-2)27-16-19/h3-7,9-11,16H,8,12-15,17H2,1-2H3. The number of carbonyl (C=O) groups is 2. The number of piperazine rings is 1. The smallest absolute Gasteiger partial charge is 0.335 e. The molecule has 0 amide bonds. The Bertz CT molecular complexity index is 1150. The monoisotopic (exact) mass is 461 g/mol. The van der Waals surface area contributed by atoms with Gasteiger partial charge in [-0.1, -0.05) is 24.3 Å². The van der Waals surface area contributed by atoms with Crippen molar-refractivity contribution in [3.8, 4) is 17.0 Å².